The van der Waals surface area contributed by atoms with Crippen molar-refractivity contribution >= 4 is 16.6 Å². The van der Waals surface area contributed by atoms with Crippen molar-refractivity contribution in [3.8, 4) is 5.75 Å². The van der Waals surface area contributed by atoms with Crippen LogP contribution < -0.4 is 15.6 Å². The second-order valence-corrected chi connectivity index (χ2v) is 11.1. The Hall–Kier alpha value is -2.99. The summed E-state index contributed by atoms with van der Waals surface area (Å²) in [5.41, 5.74) is 3.50. The molecule has 180 valence electrons. The van der Waals surface area contributed by atoms with E-state index in [9.17, 15) is 4.79 Å². The summed E-state index contributed by atoms with van der Waals surface area (Å²) in [6.07, 6.45) is 1.51. The summed E-state index contributed by atoms with van der Waals surface area (Å²) in [5, 5.41) is 9.11. The summed E-state index contributed by atoms with van der Waals surface area (Å²) in [5.74, 6) is 1.64. The van der Waals surface area contributed by atoms with Crippen molar-refractivity contribution in [2.75, 3.05) is 0 Å². The summed E-state index contributed by atoms with van der Waals surface area (Å²) in [7, 11) is 0. The number of aromatic nitrogens is 2. The maximum atomic E-state index is 13.5. The third kappa shape index (κ3) is 5.22. The van der Waals surface area contributed by atoms with Gasteiger partial charge in [-0.3, -0.25) is 4.79 Å². The molecule has 2 aromatic carbocycles. The minimum Gasteiger partial charge on any atom is -0.485 e. The number of aryl methyl sites for hydroxylation is 1. The van der Waals surface area contributed by atoms with Gasteiger partial charge in [-0.25, -0.2) is 4.98 Å². The van der Waals surface area contributed by atoms with Gasteiger partial charge in [-0.2, -0.15) is 9.78 Å². The number of nitrogens with zero attached hydrogens (tertiary/aromatic N) is 3. The largest absolute Gasteiger partial charge is 0.485 e. The lowest BCUT2D eigenvalue weighted by Gasteiger charge is -2.43. The molecule has 1 N–H and O–H groups in total. The van der Waals surface area contributed by atoms with Gasteiger partial charge in [-0.1, -0.05) is 38.1 Å². The minimum atomic E-state index is -0.167. The third-order valence-corrected chi connectivity index (χ3v) is 6.18. The number of rotatable bonds is 5. The van der Waals surface area contributed by atoms with Gasteiger partial charge >= 0.3 is 0 Å². The number of nitrogens with one attached hydrogen (secondary N) is 1. The van der Waals surface area contributed by atoms with Crippen molar-refractivity contribution in [2.45, 2.75) is 84.9 Å². The molecular formula is C28H36N4O2. The number of para-hydroxylation sites is 1. The molecule has 0 bridgehead atoms. The van der Waals surface area contributed by atoms with E-state index in [1.54, 1.807) is 6.07 Å². The van der Waals surface area contributed by atoms with Crippen LogP contribution in [0, 0.1) is 6.92 Å². The highest BCUT2D eigenvalue weighted by atomic mass is 16.5. The van der Waals surface area contributed by atoms with E-state index in [2.05, 4.69) is 59.0 Å². The van der Waals surface area contributed by atoms with E-state index in [4.69, 9.17) is 14.8 Å². The van der Waals surface area contributed by atoms with Crippen LogP contribution in [0.25, 0.3) is 10.9 Å². The molecule has 0 unspecified atom stereocenters. The van der Waals surface area contributed by atoms with Gasteiger partial charge in [0.1, 0.15) is 12.4 Å². The van der Waals surface area contributed by atoms with E-state index in [-0.39, 0.29) is 23.2 Å². The van der Waals surface area contributed by atoms with Gasteiger partial charge < -0.3 is 10.1 Å². The molecule has 2 heterocycles. The molecule has 6 nitrogen and oxygen atoms in total. The summed E-state index contributed by atoms with van der Waals surface area (Å²) < 4.78 is 7.74. The van der Waals surface area contributed by atoms with Crippen molar-refractivity contribution in [3.63, 3.8) is 0 Å². The standard InChI is InChI=1S/C28H36N4O2/c1-18(2)21-13-12-19(3)14-24(21)34-17-25-29-23-11-9-8-10-22(23)26(33)32(25)30-20-15-27(4,5)31-28(6,7)16-20/h8-14,18,31H,15-17H2,1-7H3. The molecule has 3 aromatic rings. The number of ether oxygens (including phenoxy) is 1. The van der Waals surface area contributed by atoms with E-state index in [1.165, 1.54) is 4.68 Å². The third-order valence-electron chi connectivity index (χ3n) is 6.18. The summed E-state index contributed by atoms with van der Waals surface area (Å²) in [6, 6.07) is 13.7. The van der Waals surface area contributed by atoms with Crippen LogP contribution in [0.5, 0.6) is 5.75 Å². The van der Waals surface area contributed by atoms with Crippen molar-refractivity contribution in [2.24, 2.45) is 5.10 Å². The molecule has 1 aliphatic rings. The monoisotopic (exact) mass is 460 g/mol. The Labute approximate surface area is 202 Å². The molecule has 0 atom stereocenters. The Morgan fingerprint density at radius 3 is 2.44 bits per heavy atom. The molecule has 0 amide bonds. The minimum absolute atomic E-state index is 0.112. The molecule has 4 rings (SSSR count). The summed E-state index contributed by atoms with van der Waals surface area (Å²) in [6.45, 7) is 15.2. The number of hydrogen-bond acceptors (Lipinski definition) is 5. The Morgan fingerprint density at radius 2 is 1.76 bits per heavy atom. The van der Waals surface area contributed by atoms with E-state index >= 15 is 0 Å². The fourth-order valence-corrected chi connectivity index (χ4v) is 5.05. The number of hydrogen-bond donors (Lipinski definition) is 1. The van der Waals surface area contributed by atoms with Crippen molar-refractivity contribution < 1.29 is 4.74 Å². The summed E-state index contributed by atoms with van der Waals surface area (Å²) >= 11 is 0. The fraction of sp³-hybridized carbons (Fsp3) is 0.464. The lowest BCUT2D eigenvalue weighted by molar-refractivity contribution is 0.250. The van der Waals surface area contributed by atoms with Crippen molar-refractivity contribution in [1.29, 1.82) is 0 Å². The average molecular weight is 461 g/mol. The zero-order valence-corrected chi connectivity index (χ0v) is 21.4. The highest BCUT2D eigenvalue weighted by Gasteiger charge is 2.36. The molecule has 1 saturated heterocycles. The SMILES string of the molecule is Cc1ccc(C(C)C)c(OCc2nc3ccccc3c(=O)n2N=C2CC(C)(C)NC(C)(C)C2)c1. The second kappa shape index (κ2) is 8.99. The van der Waals surface area contributed by atoms with E-state index in [1.807, 2.05) is 31.2 Å². The fourth-order valence-electron chi connectivity index (χ4n) is 5.05. The number of fused-ring (bicyclic) bond motifs is 1. The van der Waals surface area contributed by atoms with Gasteiger partial charge in [-0.15, -0.1) is 0 Å². The van der Waals surface area contributed by atoms with Gasteiger partial charge in [0.2, 0.25) is 0 Å². The molecule has 0 spiro atoms. The van der Waals surface area contributed by atoms with Gasteiger partial charge in [0, 0.05) is 29.6 Å². The van der Waals surface area contributed by atoms with Crippen LogP contribution in [-0.2, 0) is 6.61 Å². The molecule has 0 aliphatic carbocycles. The predicted molar refractivity (Wildman–Crippen MR) is 139 cm³/mol. The number of piperidine rings is 1. The highest BCUT2D eigenvalue weighted by molar-refractivity contribution is 5.87. The highest BCUT2D eigenvalue weighted by Crippen LogP contribution is 2.29. The maximum absolute atomic E-state index is 13.5. The van der Waals surface area contributed by atoms with Gasteiger partial charge in [0.15, 0.2) is 5.82 Å². The van der Waals surface area contributed by atoms with E-state index in [0.29, 0.717) is 22.6 Å². The van der Waals surface area contributed by atoms with E-state index < -0.39 is 0 Å². The first-order chi connectivity index (χ1) is 15.9. The first kappa shape index (κ1) is 24.1. The van der Waals surface area contributed by atoms with Crippen molar-refractivity contribution in [3.05, 3.63) is 69.8 Å². The Balaban J connectivity index is 1.79. The lowest BCUT2D eigenvalue weighted by atomic mass is 9.81. The quantitative estimate of drug-likeness (QED) is 0.542. The smallest absolute Gasteiger partial charge is 0.282 e. The molecule has 0 saturated carbocycles. The van der Waals surface area contributed by atoms with Crippen LogP contribution in [0.3, 0.4) is 0 Å². The summed E-state index contributed by atoms with van der Waals surface area (Å²) in [4.78, 5) is 18.3. The van der Waals surface area contributed by atoms with Crippen LogP contribution in [0.15, 0.2) is 52.4 Å². The van der Waals surface area contributed by atoms with Gasteiger partial charge in [-0.05, 0) is 69.9 Å². The Bertz CT molecular complexity index is 1280. The zero-order chi connectivity index (χ0) is 24.7. The second-order valence-electron chi connectivity index (χ2n) is 11.1. The zero-order valence-electron chi connectivity index (χ0n) is 21.4. The van der Waals surface area contributed by atoms with Crippen LogP contribution >= 0.6 is 0 Å². The van der Waals surface area contributed by atoms with Crippen LogP contribution in [0.1, 0.15) is 77.3 Å². The lowest BCUT2D eigenvalue weighted by Crippen LogP contribution is -2.58. The Morgan fingerprint density at radius 1 is 1.09 bits per heavy atom. The molecule has 1 aromatic heterocycles. The van der Waals surface area contributed by atoms with Crippen LogP contribution in [-0.4, -0.2) is 26.4 Å². The Kier molecular flexibility index (Phi) is 6.38. The molecule has 1 fully saturated rings. The van der Waals surface area contributed by atoms with E-state index in [0.717, 1.165) is 35.4 Å². The average Bonchev–Trinajstić information content (AvgIpc) is 2.72. The van der Waals surface area contributed by atoms with Crippen LogP contribution in [0.2, 0.25) is 0 Å². The van der Waals surface area contributed by atoms with Crippen LogP contribution in [0.4, 0.5) is 0 Å². The molecule has 6 heteroatoms. The normalized spacial score (nSPS) is 17.2. The molecule has 34 heavy (non-hydrogen) atoms. The first-order valence-electron chi connectivity index (χ1n) is 12.0. The molecule has 0 radical (unpaired) electrons. The van der Waals surface area contributed by atoms with Gasteiger partial charge in [0.25, 0.3) is 5.56 Å². The molecule has 1 aliphatic heterocycles. The number of benzene rings is 2. The van der Waals surface area contributed by atoms with Gasteiger partial charge in [0.05, 0.1) is 10.9 Å². The predicted octanol–water partition coefficient (Wildman–Crippen LogP) is 5.55. The maximum Gasteiger partial charge on any atom is 0.282 e. The van der Waals surface area contributed by atoms with Crippen molar-refractivity contribution in [1.82, 2.24) is 15.0 Å². The molecular weight excluding hydrogens is 424 g/mol. The topological polar surface area (TPSA) is 68.5 Å². The first-order valence-corrected chi connectivity index (χ1v) is 12.0.